The van der Waals surface area contributed by atoms with Gasteiger partial charge in [0, 0.05) is 0 Å². The van der Waals surface area contributed by atoms with Gasteiger partial charge in [0.2, 0.25) is 0 Å². The van der Waals surface area contributed by atoms with Crippen LogP contribution in [0.25, 0.3) is 0 Å². The molecule has 26 heavy (non-hydrogen) atoms. The number of benzene rings is 2. The van der Waals surface area contributed by atoms with Crippen molar-refractivity contribution in [1.29, 1.82) is 0 Å². The molecule has 0 heterocycles. The molecule has 2 aromatic carbocycles. The summed E-state index contributed by atoms with van der Waals surface area (Å²) in [6.07, 6.45) is -2.41. The molecule has 4 nitrogen and oxygen atoms in total. The zero-order valence-corrected chi connectivity index (χ0v) is 15.4. The van der Waals surface area contributed by atoms with Crippen molar-refractivity contribution in [2.45, 2.75) is 19.5 Å². The first-order valence-electron chi connectivity index (χ1n) is 7.70. The van der Waals surface area contributed by atoms with Crippen LogP contribution in [0.3, 0.4) is 0 Å². The van der Waals surface area contributed by atoms with Crippen molar-refractivity contribution in [3.8, 4) is 5.75 Å². The van der Waals surface area contributed by atoms with Crippen LogP contribution in [0.1, 0.15) is 23.6 Å². The second-order valence-electron chi connectivity index (χ2n) is 5.32. The van der Waals surface area contributed by atoms with Gasteiger partial charge in [-0.15, -0.1) is 0 Å². The van der Waals surface area contributed by atoms with E-state index in [1.165, 1.54) is 12.1 Å². The molecule has 0 unspecified atom stereocenters. The van der Waals surface area contributed by atoms with Gasteiger partial charge in [-0.05, 0) is 57.7 Å². The van der Waals surface area contributed by atoms with Crippen LogP contribution in [-0.4, -0.2) is 18.7 Å². The first kappa shape index (κ1) is 20.0. The van der Waals surface area contributed by atoms with Gasteiger partial charge in [0.1, 0.15) is 5.75 Å². The first-order chi connectivity index (χ1) is 12.3. The predicted octanol–water partition coefficient (Wildman–Crippen LogP) is 4.56. The summed E-state index contributed by atoms with van der Waals surface area (Å²) in [5.41, 5.74) is 2.78. The average Bonchev–Trinajstić information content (AvgIpc) is 2.60. The Balaban J connectivity index is 1.88. The van der Waals surface area contributed by atoms with Crippen LogP contribution in [0.2, 0.25) is 0 Å². The third kappa shape index (κ3) is 5.87. The highest BCUT2D eigenvalue weighted by Gasteiger charge is 2.30. The molecule has 0 aliphatic carbocycles. The van der Waals surface area contributed by atoms with Crippen molar-refractivity contribution in [3.05, 3.63) is 63.6 Å². The largest absolute Gasteiger partial charge is 0.483 e. The minimum Gasteiger partial charge on any atom is -0.483 e. The Bertz CT molecular complexity index is 807. The van der Waals surface area contributed by atoms with Crippen molar-refractivity contribution < 1.29 is 22.7 Å². The summed E-state index contributed by atoms with van der Waals surface area (Å²) in [6.45, 7) is 1.75. The highest BCUT2D eigenvalue weighted by Crippen LogP contribution is 2.29. The lowest BCUT2D eigenvalue weighted by molar-refractivity contribution is -0.137. The Labute approximate surface area is 157 Å². The normalized spacial score (nSPS) is 11.6. The number of hydrogen-bond donors (Lipinski definition) is 1. The molecule has 1 N–H and O–H groups in total. The summed E-state index contributed by atoms with van der Waals surface area (Å²) < 4.78 is 44.0. The van der Waals surface area contributed by atoms with E-state index >= 15 is 0 Å². The van der Waals surface area contributed by atoms with Gasteiger partial charge < -0.3 is 4.74 Å². The number of amides is 1. The van der Waals surface area contributed by atoms with Crippen LogP contribution in [0, 0.1) is 0 Å². The molecule has 0 aliphatic rings. The molecular weight excluding hydrogens is 413 g/mol. The topological polar surface area (TPSA) is 50.7 Å². The number of aryl methyl sites for hydroxylation is 1. The van der Waals surface area contributed by atoms with E-state index in [1.54, 1.807) is 6.07 Å². The monoisotopic (exact) mass is 428 g/mol. The van der Waals surface area contributed by atoms with E-state index in [0.29, 0.717) is 5.75 Å². The third-order valence-corrected chi connectivity index (χ3v) is 4.00. The van der Waals surface area contributed by atoms with Crippen LogP contribution in [0.5, 0.6) is 5.75 Å². The van der Waals surface area contributed by atoms with Gasteiger partial charge in [-0.1, -0.05) is 25.1 Å². The fourth-order valence-corrected chi connectivity index (χ4v) is 2.57. The molecule has 0 spiro atoms. The summed E-state index contributed by atoms with van der Waals surface area (Å²) in [6, 6.07) is 10.2. The van der Waals surface area contributed by atoms with Crippen LogP contribution in [0.15, 0.2) is 52.0 Å². The van der Waals surface area contributed by atoms with E-state index in [1.807, 2.05) is 19.1 Å². The van der Waals surface area contributed by atoms with Gasteiger partial charge in [0.05, 0.1) is 16.3 Å². The number of carbonyl (C=O) groups is 1. The number of carbonyl (C=O) groups excluding carboxylic acids is 1. The van der Waals surface area contributed by atoms with Crippen molar-refractivity contribution in [2.24, 2.45) is 5.10 Å². The second-order valence-corrected chi connectivity index (χ2v) is 6.18. The molecular formula is C18H16BrF3N2O2. The predicted molar refractivity (Wildman–Crippen MR) is 96.2 cm³/mol. The van der Waals surface area contributed by atoms with Gasteiger partial charge >= 0.3 is 6.18 Å². The highest BCUT2D eigenvalue weighted by atomic mass is 79.9. The molecule has 0 atom stereocenters. The number of hydrogen-bond acceptors (Lipinski definition) is 3. The number of nitrogens with zero attached hydrogens (tertiary/aromatic N) is 1. The minimum absolute atomic E-state index is 0.221. The Morgan fingerprint density at radius 3 is 2.69 bits per heavy atom. The Morgan fingerprint density at radius 1 is 1.27 bits per heavy atom. The summed E-state index contributed by atoms with van der Waals surface area (Å²) in [4.78, 5) is 11.7. The van der Waals surface area contributed by atoms with Crippen LogP contribution in [-0.2, 0) is 17.4 Å². The van der Waals surface area contributed by atoms with E-state index in [0.717, 1.165) is 34.8 Å². The zero-order valence-electron chi connectivity index (χ0n) is 13.8. The Hall–Kier alpha value is -2.35. The standard InChI is InChI=1S/C18H16BrF3N2O2/c1-2-12-6-7-16(15(19)9-12)26-11-17(25)24-23-10-13-4-3-5-14(8-13)18(20,21)22/h3-10H,2,11H2,1H3,(H,24,25). The molecule has 0 bridgehead atoms. The van der Waals surface area contributed by atoms with E-state index in [9.17, 15) is 18.0 Å². The fourth-order valence-electron chi connectivity index (χ4n) is 2.03. The molecule has 2 aromatic rings. The molecule has 0 radical (unpaired) electrons. The van der Waals surface area contributed by atoms with Gasteiger partial charge in [0.15, 0.2) is 6.61 Å². The van der Waals surface area contributed by atoms with E-state index < -0.39 is 17.6 Å². The number of ether oxygens (including phenoxy) is 1. The van der Waals surface area contributed by atoms with Crippen molar-refractivity contribution in [2.75, 3.05) is 6.61 Å². The quantitative estimate of drug-likeness (QED) is 0.541. The van der Waals surface area contributed by atoms with E-state index in [-0.39, 0.29) is 12.2 Å². The number of alkyl halides is 3. The summed E-state index contributed by atoms with van der Waals surface area (Å²) in [5, 5.41) is 3.64. The summed E-state index contributed by atoms with van der Waals surface area (Å²) >= 11 is 3.37. The zero-order chi connectivity index (χ0) is 19.2. The second kappa shape index (κ2) is 8.84. The average molecular weight is 429 g/mol. The molecule has 0 aromatic heterocycles. The maximum absolute atomic E-state index is 12.6. The molecule has 0 saturated heterocycles. The van der Waals surface area contributed by atoms with E-state index in [2.05, 4.69) is 26.5 Å². The number of rotatable bonds is 6. The molecule has 0 aliphatic heterocycles. The molecule has 2 rings (SSSR count). The Morgan fingerprint density at radius 2 is 2.04 bits per heavy atom. The maximum atomic E-state index is 12.6. The molecule has 8 heteroatoms. The lowest BCUT2D eigenvalue weighted by Crippen LogP contribution is -2.24. The third-order valence-electron chi connectivity index (χ3n) is 3.38. The molecule has 0 saturated carbocycles. The lowest BCUT2D eigenvalue weighted by atomic mass is 10.1. The van der Waals surface area contributed by atoms with Gasteiger partial charge in [0.25, 0.3) is 5.91 Å². The summed E-state index contributed by atoms with van der Waals surface area (Å²) in [5.74, 6) is -0.0149. The van der Waals surface area contributed by atoms with E-state index in [4.69, 9.17) is 4.74 Å². The van der Waals surface area contributed by atoms with Crippen LogP contribution < -0.4 is 10.2 Å². The van der Waals surface area contributed by atoms with Crippen LogP contribution >= 0.6 is 15.9 Å². The molecule has 1 amide bonds. The minimum atomic E-state index is -4.43. The van der Waals surface area contributed by atoms with Gasteiger partial charge in [-0.25, -0.2) is 5.43 Å². The maximum Gasteiger partial charge on any atom is 0.416 e. The molecule has 0 fully saturated rings. The highest BCUT2D eigenvalue weighted by molar-refractivity contribution is 9.10. The SMILES string of the molecule is CCc1ccc(OCC(=O)NN=Cc2cccc(C(F)(F)F)c2)c(Br)c1. The van der Waals surface area contributed by atoms with Gasteiger partial charge in [-0.2, -0.15) is 18.3 Å². The summed E-state index contributed by atoms with van der Waals surface area (Å²) in [7, 11) is 0. The fraction of sp³-hybridized carbons (Fsp3) is 0.222. The Kier molecular flexibility index (Phi) is 6.79. The van der Waals surface area contributed by atoms with Crippen molar-refractivity contribution >= 4 is 28.1 Å². The van der Waals surface area contributed by atoms with Crippen molar-refractivity contribution in [1.82, 2.24) is 5.43 Å². The molecule has 138 valence electrons. The van der Waals surface area contributed by atoms with Crippen LogP contribution in [0.4, 0.5) is 13.2 Å². The van der Waals surface area contributed by atoms with Gasteiger partial charge in [-0.3, -0.25) is 4.79 Å². The first-order valence-corrected chi connectivity index (χ1v) is 8.49. The number of hydrazone groups is 1. The lowest BCUT2D eigenvalue weighted by Gasteiger charge is -2.08. The smallest absolute Gasteiger partial charge is 0.416 e. The number of nitrogens with one attached hydrogen (secondary N) is 1. The number of halogens is 4. The van der Waals surface area contributed by atoms with Crippen molar-refractivity contribution in [3.63, 3.8) is 0 Å².